The molecule has 1 N–H and O–H groups in total. The van der Waals surface area contributed by atoms with Gasteiger partial charge in [0.25, 0.3) is 10.0 Å². The summed E-state index contributed by atoms with van der Waals surface area (Å²) in [6, 6.07) is 11.9. The van der Waals surface area contributed by atoms with Crippen LogP contribution in [-0.4, -0.2) is 34.6 Å². The number of rotatable bonds is 4. The highest BCUT2D eigenvalue weighted by atomic mass is 32.2. The molecule has 0 spiro atoms. The lowest BCUT2D eigenvalue weighted by atomic mass is 10.1. The van der Waals surface area contributed by atoms with Crippen molar-refractivity contribution in [3.8, 4) is 0 Å². The van der Waals surface area contributed by atoms with E-state index in [0.717, 1.165) is 24.1 Å². The summed E-state index contributed by atoms with van der Waals surface area (Å²) < 4.78 is 47.3. The number of hydrogen-bond acceptors (Lipinski definition) is 4. The predicted molar refractivity (Wildman–Crippen MR) is 76.9 cm³/mol. The maximum absolute atomic E-state index is 12.3. The highest BCUT2D eigenvalue weighted by molar-refractivity contribution is 7.91. The van der Waals surface area contributed by atoms with E-state index in [1.807, 2.05) is 17.0 Å². The third kappa shape index (κ3) is 3.15. The van der Waals surface area contributed by atoms with Crippen molar-refractivity contribution >= 4 is 30.8 Å². The van der Waals surface area contributed by atoms with E-state index < -0.39 is 20.0 Å². The van der Waals surface area contributed by atoms with Crippen molar-refractivity contribution < 1.29 is 16.8 Å². The summed E-state index contributed by atoms with van der Waals surface area (Å²) in [5, 5.41) is 1.67. The van der Waals surface area contributed by atoms with Crippen LogP contribution in [-0.2, 0) is 20.0 Å². The van der Waals surface area contributed by atoms with E-state index in [1.54, 1.807) is 18.2 Å². The van der Waals surface area contributed by atoms with Crippen LogP contribution >= 0.6 is 0 Å². The fourth-order valence-electron chi connectivity index (χ4n) is 1.77. The lowest BCUT2D eigenvalue weighted by Crippen LogP contribution is -2.42. The minimum absolute atomic E-state index is 0.0230. The summed E-state index contributed by atoms with van der Waals surface area (Å²) in [7, 11) is -6.44. The van der Waals surface area contributed by atoms with Crippen LogP contribution in [0.3, 0.4) is 0 Å². The van der Waals surface area contributed by atoms with E-state index in [2.05, 4.69) is 0 Å². The maximum Gasteiger partial charge on any atom is 0.256 e. The lowest BCUT2D eigenvalue weighted by Gasteiger charge is -2.17. The molecule has 0 bridgehead atoms. The molecule has 0 aliphatic carbocycles. The van der Waals surface area contributed by atoms with Crippen LogP contribution in [0.15, 0.2) is 47.4 Å². The molecule has 6 nitrogen and oxygen atoms in total. The molecule has 0 fully saturated rings. The van der Waals surface area contributed by atoms with E-state index in [9.17, 15) is 16.8 Å². The molecule has 0 unspecified atom stereocenters. The Bertz CT molecular complexity index is 845. The molecule has 0 amide bonds. The first kappa shape index (κ1) is 14.9. The summed E-state index contributed by atoms with van der Waals surface area (Å²) in [6.45, 7) is 0. The summed E-state index contributed by atoms with van der Waals surface area (Å²) in [6.07, 6.45) is 0.888. The van der Waals surface area contributed by atoms with Gasteiger partial charge in [-0.2, -0.15) is 0 Å². The molecule has 0 aromatic heterocycles. The Morgan fingerprint density at radius 2 is 1.55 bits per heavy atom. The highest BCUT2D eigenvalue weighted by Gasteiger charge is 2.23. The zero-order valence-electron chi connectivity index (χ0n) is 10.9. The second kappa shape index (κ2) is 5.13. The second-order valence-electron chi connectivity index (χ2n) is 4.34. The van der Waals surface area contributed by atoms with Crippen molar-refractivity contribution in [3.63, 3.8) is 0 Å². The van der Waals surface area contributed by atoms with Gasteiger partial charge >= 0.3 is 0 Å². The van der Waals surface area contributed by atoms with Crippen molar-refractivity contribution in [3.05, 3.63) is 42.5 Å². The van der Waals surface area contributed by atoms with Gasteiger partial charge in [0.15, 0.2) is 0 Å². The van der Waals surface area contributed by atoms with Gasteiger partial charge in [-0.25, -0.2) is 16.8 Å². The smallest absolute Gasteiger partial charge is 0.211 e. The average Bonchev–Trinajstić information content (AvgIpc) is 2.36. The van der Waals surface area contributed by atoms with Crippen molar-refractivity contribution in [1.82, 2.24) is 9.25 Å². The normalized spacial score (nSPS) is 12.9. The minimum Gasteiger partial charge on any atom is -0.211 e. The minimum atomic E-state index is -3.92. The van der Waals surface area contributed by atoms with Crippen LogP contribution in [0.2, 0.25) is 0 Å². The van der Waals surface area contributed by atoms with Crippen LogP contribution < -0.4 is 4.83 Å². The number of hydrazine groups is 1. The fourth-order valence-corrected chi connectivity index (χ4v) is 3.87. The monoisotopic (exact) mass is 314 g/mol. The largest absolute Gasteiger partial charge is 0.256 e. The summed E-state index contributed by atoms with van der Waals surface area (Å²) in [4.78, 5) is 1.95. The van der Waals surface area contributed by atoms with Crippen molar-refractivity contribution in [2.45, 2.75) is 4.90 Å². The van der Waals surface area contributed by atoms with Crippen LogP contribution in [0.25, 0.3) is 10.8 Å². The molecule has 0 heterocycles. The van der Waals surface area contributed by atoms with Gasteiger partial charge in [0.1, 0.15) is 0 Å². The third-order valence-electron chi connectivity index (χ3n) is 2.67. The zero-order chi connectivity index (χ0) is 15.0. The van der Waals surface area contributed by atoms with Crippen LogP contribution in [0.1, 0.15) is 0 Å². The Hall–Kier alpha value is -1.48. The van der Waals surface area contributed by atoms with Crippen LogP contribution in [0.4, 0.5) is 0 Å². The molecule has 0 radical (unpaired) electrons. The number of fused-ring (bicyclic) bond motifs is 1. The van der Waals surface area contributed by atoms with Gasteiger partial charge in [-0.3, -0.25) is 0 Å². The molecule has 0 saturated heterocycles. The number of benzene rings is 2. The van der Waals surface area contributed by atoms with E-state index >= 15 is 0 Å². The van der Waals surface area contributed by atoms with Crippen LogP contribution in [0.5, 0.6) is 0 Å². The molecule has 0 saturated carbocycles. The molecule has 2 aromatic carbocycles. The molecular formula is C12H14N2O4S2. The Balaban J connectivity index is 2.46. The summed E-state index contributed by atoms with van der Waals surface area (Å²) in [5.41, 5.74) is 0. The lowest BCUT2D eigenvalue weighted by molar-refractivity contribution is 0.434. The van der Waals surface area contributed by atoms with Gasteiger partial charge in [-0.1, -0.05) is 30.3 Å². The Morgan fingerprint density at radius 3 is 2.15 bits per heavy atom. The molecule has 20 heavy (non-hydrogen) atoms. The summed E-state index contributed by atoms with van der Waals surface area (Å²) >= 11 is 0. The van der Waals surface area contributed by atoms with E-state index in [0.29, 0.717) is 4.41 Å². The van der Waals surface area contributed by atoms with Crippen molar-refractivity contribution in [2.24, 2.45) is 0 Å². The zero-order valence-corrected chi connectivity index (χ0v) is 12.6. The topological polar surface area (TPSA) is 83.6 Å². The first-order chi connectivity index (χ1) is 9.20. The molecular weight excluding hydrogens is 300 g/mol. The third-order valence-corrected chi connectivity index (χ3v) is 5.06. The molecule has 0 aliphatic heterocycles. The summed E-state index contributed by atoms with van der Waals surface area (Å²) in [5.74, 6) is 0. The van der Waals surface area contributed by atoms with Gasteiger partial charge in [0.05, 0.1) is 11.2 Å². The number of sulfonamides is 2. The van der Waals surface area contributed by atoms with Crippen molar-refractivity contribution in [2.75, 3.05) is 13.3 Å². The van der Waals surface area contributed by atoms with Gasteiger partial charge in [-0.15, -0.1) is 9.25 Å². The Labute approximate surface area is 118 Å². The van der Waals surface area contributed by atoms with Gasteiger partial charge < -0.3 is 0 Å². The first-order valence-electron chi connectivity index (χ1n) is 5.65. The molecule has 0 atom stereocenters. The molecule has 2 aromatic rings. The van der Waals surface area contributed by atoms with E-state index in [1.165, 1.54) is 12.1 Å². The standard InChI is InChI=1S/C12H14N2O4S2/c1-14(13-19(2,15)16)20(17,18)12-8-7-10-5-3-4-6-11(10)9-12/h3-9,13H,1-2H3. The quantitative estimate of drug-likeness (QED) is 0.851. The average molecular weight is 314 g/mol. The SMILES string of the molecule is CN(NS(C)(=O)=O)S(=O)(=O)c1ccc2ccccc2c1. The molecule has 2 rings (SSSR count). The predicted octanol–water partition coefficient (Wildman–Crippen LogP) is 0.925. The second-order valence-corrected chi connectivity index (χ2v) is 8.04. The molecule has 8 heteroatoms. The fraction of sp³-hybridized carbons (Fsp3) is 0.167. The first-order valence-corrected chi connectivity index (χ1v) is 8.98. The molecule has 0 aliphatic rings. The van der Waals surface area contributed by atoms with Gasteiger partial charge in [-0.05, 0) is 22.9 Å². The number of nitrogens with zero attached hydrogens (tertiary/aromatic N) is 1. The van der Waals surface area contributed by atoms with Crippen molar-refractivity contribution in [1.29, 1.82) is 0 Å². The number of hydrogen-bond donors (Lipinski definition) is 1. The highest BCUT2D eigenvalue weighted by Crippen LogP contribution is 2.20. The number of nitrogens with one attached hydrogen (secondary N) is 1. The maximum atomic E-state index is 12.3. The Morgan fingerprint density at radius 1 is 0.950 bits per heavy atom. The van der Waals surface area contributed by atoms with E-state index in [-0.39, 0.29) is 4.90 Å². The van der Waals surface area contributed by atoms with Gasteiger partial charge in [0, 0.05) is 7.05 Å². The molecule has 108 valence electrons. The van der Waals surface area contributed by atoms with Gasteiger partial charge in [0.2, 0.25) is 10.0 Å². The Kier molecular flexibility index (Phi) is 3.83. The van der Waals surface area contributed by atoms with E-state index in [4.69, 9.17) is 0 Å². The van der Waals surface area contributed by atoms with Crippen LogP contribution in [0, 0.1) is 0 Å².